The molecule has 3 aromatic rings. The van der Waals surface area contributed by atoms with Gasteiger partial charge < -0.3 is 10.2 Å². The number of fused-ring (bicyclic) bond motifs is 3. The number of benzene rings is 2. The van der Waals surface area contributed by atoms with Gasteiger partial charge in [-0.1, -0.05) is 36.4 Å². The molecule has 24 heavy (non-hydrogen) atoms. The third kappa shape index (κ3) is 6.82. The molecule has 1 aliphatic rings. The van der Waals surface area contributed by atoms with Crippen molar-refractivity contribution < 1.29 is 30.2 Å². The molecule has 0 spiro atoms. The number of rotatable bonds is 0. The molecule has 0 aromatic heterocycles. The molecule has 0 atom stereocenters. The van der Waals surface area contributed by atoms with E-state index in [1.165, 1.54) is 21.5 Å². The van der Waals surface area contributed by atoms with Gasteiger partial charge in [0.2, 0.25) is 0 Å². The summed E-state index contributed by atoms with van der Waals surface area (Å²) in [4.78, 5) is 3.25. The summed E-state index contributed by atoms with van der Waals surface area (Å²) in [6, 6.07) is 19.3. The molecule has 3 aromatic carbocycles. The minimum absolute atomic E-state index is 0.750. The van der Waals surface area contributed by atoms with E-state index >= 15 is 0 Å². The van der Waals surface area contributed by atoms with Crippen molar-refractivity contribution in [2.24, 2.45) is 0 Å². The van der Waals surface area contributed by atoms with Crippen LogP contribution in [0, 0.1) is 6.08 Å². The molecule has 0 aliphatic heterocycles. The summed E-state index contributed by atoms with van der Waals surface area (Å²) >= 11 is 1.75. The molecule has 0 fully saturated rings. The quantitative estimate of drug-likeness (QED) is 0.460. The Labute approximate surface area is 156 Å². The molecule has 0 bridgehead atoms. The Bertz CT molecular complexity index is 681. The predicted molar refractivity (Wildman–Crippen MR) is 97.6 cm³/mol. The van der Waals surface area contributed by atoms with Crippen LogP contribution < -0.4 is 10.2 Å². The van der Waals surface area contributed by atoms with Crippen molar-refractivity contribution in [1.82, 2.24) is 0 Å². The molecule has 0 unspecified atom stereocenters. The molecule has 3 heteroatoms. The van der Waals surface area contributed by atoms with Gasteiger partial charge in [0.25, 0.3) is 0 Å². The van der Waals surface area contributed by atoms with Crippen LogP contribution in [0.5, 0.6) is 0 Å². The molecule has 0 radical (unpaired) electrons. The van der Waals surface area contributed by atoms with Crippen LogP contribution >= 0.6 is 0 Å². The number of hydrogen-bond acceptors (Lipinski definition) is 2. The zero-order valence-electron chi connectivity index (χ0n) is 14.2. The zero-order chi connectivity index (χ0) is 18.2. The smallest absolute Gasteiger partial charge is 0.0771 e. The second-order valence-corrected chi connectivity index (χ2v) is 4.32. The average Bonchev–Trinajstić information content (AvgIpc) is 3.38. The van der Waals surface area contributed by atoms with Crippen LogP contribution in [0.25, 0.3) is 21.5 Å². The first-order valence-electron chi connectivity index (χ1n) is 7.37. The molecule has 0 saturated heterocycles. The molecule has 1 aliphatic carbocycles. The van der Waals surface area contributed by atoms with E-state index in [2.05, 4.69) is 71.6 Å². The molecule has 0 N–H and O–H groups in total. The van der Waals surface area contributed by atoms with E-state index in [9.17, 15) is 0 Å². The Kier molecular flexibility index (Phi) is 13.8. The molecule has 4 rings (SSSR count). The van der Waals surface area contributed by atoms with Crippen LogP contribution in [0.15, 0.2) is 72.8 Å². The van der Waals surface area contributed by atoms with Crippen molar-refractivity contribution in [3.05, 3.63) is 78.9 Å². The Morgan fingerprint density at radius 1 is 0.875 bits per heavy atom. The van der Waals surface area contributed by atoms with Gasteiger partial charge in [0.1, 0.15) is 0 Å². The first-order valence-corrected chi connectivity index (χ1v) is 8.47. The largest absolute Gasteiger partial charge is 0.126 e. The maximum Gasteiger partial charge on any atom is -0.0771 e. The van der Waals surface area contributed by atoms with Crippen LogP contribution in [0.4, 0.5) is 0 Å². The Morgan fingerprint density at radius 2 is 1.33 bits per heavy atom. The fourth-order valence-electron chi connectivity index (χ4n) is 2.24. The van der Waals surface area contributed by atoms with Crippen LogP contribution in [0.1, 0.15) is 6.42 Å². The van der Waals surface area contributed by atoms with E-state index in [1.54, 1.807) is 20.0 Å². The van der Waals surface area contributed by atoms with Crippen molar-refractivity contribution >= 4 is 26.4 Å². The maximum atomic E-state index is 8.25. The predicted octanol–water partition coefficient (Wildman–Crippen LogP) is 2.94. The van der Waals surface area contributed by atoms with Crippen LogP contribution in [-0.4, -0.2) is 19.0 Å². The summed E-state index contributed by atoms with van der Waals surface area (Å²) in [7, 11) is 1.50. The van der Waals surface area contributed by atoms with Gasteiger partial charge >= 0.3 is 24.8 Å². The minimum atomic E-state index is 0.750. The number of allylic oxidation sites excluding steroid dienone is 4. The summed E-state index contributed by atoms with van der Waals surface area (Å²) in [5.74, 6) is 0. The standard InChI is InChI=1S/C13H9.C5H5.2CH3O.CH2.Ti/c1-3-7-12-10(5-1)9-11-6-2-4-8-13(11)12;1-2-4-5-3-1;2*1-2;;/h1-9H;1-3H,4H2;2*1H3;1H2;/q4*-1;;+2. The van der Waals surface area contributed by atoms with E-state index < -0.39 is 0 Å². The van der Waals surface area contributed by atoms with Crippen molar-refractivity contribution in [2.75, 3.05) is 14.2 Å². The zero-order valence-corrected chi connectivity index (χ0v) is 15.7. The third-order valence-electron chi connectivity index (χ3n) is 3.11. The van der Waals surface area contributed by atoms with Gasteiger partial charge in [-0.3, -0.25) is 6.08 Å². The fourth-order valence-corrected chi connectivity index (χ4v) is 2.24. The normalized spacial score (nSPS) is 10.4. The first kappa shape index (κ1) is 22.3. The third-order valence-corrected chi connectivity index (χ3v) is 3.11. The van der Waals surface area contributed by atoms with Crippen LogP contribution in [0.2, 0.25) is 0 Å². The average molecular weight is 354 g/mol. The molecule has 0 saturated carbocycles. The summed E-state index contributed by atoms with van der Waals surface area (Å²) in [5.41, 5.74) is 0. The van der Waals surface area contributed by atoms with E-state index in [0.717, 1.165) is 20.6 Å². The van der Waals surface area contributed by atoms with Crippen LogP contribution in [-0.2, 0) is 20.0 Å². The Hall–Kier alpha value is -1.71. The molecule has 2 nitrogen and oxygen atoms in total. The minimum Gasteiger partial charge on any atom is -0.126 e. The second-order valence-electron chi connectivity index (χ2n) is 4.32. The van der Waals surface area contributed by atoms with Gasteiger partial charge in [0, 0.05) is 0 Å². The van der Waals surface area contributed by atoms with Crippen molar-refractivity contribution in [2.45, 2.75) is 6.42 Å². The van der Waals surface area contributed by atoms with Crippen molar-refractivity contribution in [1.29, 1.82) is 0 Å². The summed E-state index contributed by atoms with van der Waals surface area (Å²) in [6.07, 6.45) is 10.0. The number of hydrogen-bond donors (Lipinski definition) is 0. The molecule has 124 valence electrons. The van der Waals surface area contributed by atoms with Gasteiger partial charge in [0.05, 0.1) is 0 Å². The van der Waals surface area contributed by atoms with Crippen molar-refractivity contribution in [3.63, 3.8) is 0 Å². The van der Waals surface area contributed by atoms with Gasteiger partial charge in [-0.25, -0.2) is 12.2 Å². The summed E-state index contributed by atoms with van der Waals surface area (Å²) in [5, 5.41) is 21.9. The first-order chi connectivity index (χ1) is 11.9. The summed E-state index contributed by atoms with van der Waals surface area (Å²) in [6.45, 7) is 0. The van der Waals surface area contributed by atoms with Gasteiger partial charge in [0.15, 0.2) is 0 Å². The van der Waals surface area contributed by atoms with E-state index in [-0.39, 0.29) is 0 Å². The Morgan fingerprint density at radius 3 is 1.67 bits per heavy atom. The molecule has 0 heterocycles. The van der Waals surface area contributed by atoms with E-state index in [4.69, 9.17) is 10.2 Å². The van der Waals surface area contributed by atoms with Gasteiger partial charge in [-0.2, -0.15) is 20.3 Å². The molecular weight excluding hydrogens is 332 g/mol. The second kappa shape index (κ2) is 14.9. The molecule has 0 amide bonds. The maximum absolute atomic E-state index is 8.25. The summed E-state index contributed by atoms with van der Waals surface area (Å²) < 4.78 is 0. The van der Waals surface area contributed by atoms with Crippen molar-refractivity contribution in [3.8, 4) is 0 Å². The van der Waals surface area contributed by atoms with Gasteiger partial charge in [-0.15, -0.1) is 46.2 Å². The SMILES string of the molecule is C[O-].C[O-].[C-]1=CC=CC1.[CH2]=[Ti+2].c1ccc2c(c1)[cH-]c1ccccc12. The molecular formula is C21H22O2Ti-2. The Balaban J connectivity index is 0.000000406. The topological polar surface area (TPSA) is 46.1 Å². The monoisotopic (exact) mass is 354 g/mol. The fraction of sp³-hybridized carbons (Fsp3) is 0.143. The van der Waals surface area contributed by atoms with Gasteiger partial charge in [-0.05, 0) is 0 Å². The van der Waals surface area contributed by atoms with E-state index in [1.807, 2.05) is 12.2 Å². The van der Waals surface area contributed by atoms with E-state index in [0.29, 0.717) is 0 Å². The van der Waals surface area contributed by atoms with Crippen LogP contribution in [0.3, 0.4) is 0 Å².